The van der Waals surface area contributed by atoms with Gasteiger partial charge in [-0.2, -0.15) is 9.67 Å². The largest absolute Gasteiger partial charge is 0.484 e. The molecule has 3 rings (SSSR count). The summed E-state index contributed by atoms with van der Waals surface area (Å²) in [6, 6.07) is 7.51. The van der Waals surface area contributed by atoms with Gasteiger partial charge in [0, 0.05) is 12.5 Å². The molecule has 0 radical (unpaired) electrons. The van der Waals surface area contributed by atoms with Gasteiger partial charge in [0.05, 0.1) is 5.69 Å². The van der Waals surface area contributed by atoms with E-state index >= 15 is 0 Å². The third-order valence-corrected chi connectivity index (χ3v) is 3.51. The number of aryl methyl sites for hydroxylation is 2. The van der Waals surface area contributed by atoms with E-state index in [2.05, 4.69) is 39.5 Å². The van der Waals surface area contributed by atoms with Crippen molar-refractivity contribution in [1.82, 2.24) is 30.3 Å². The van der Waals surface area contributed by atoms with Crippen LogP contribution < -0.4 is 4.74 Å². The Morgan fingerprint density at radius 2 is 2.17 bits per heavy atom. The van der Waals surface area contributed by atoms with Crippen LogP contribution in [0.3, 0.4) is 0 Å². The molecule has 0 amide bonds. The highest BCUT2D eigenvalue weighted by atomic mass is 16.5. The van der Waals surface area contributed by atoms with Gasteiger partial charge in [-0.25, -0.2) is 0 Å². The van der Waals surface area contributed by atoms with E-state index < -0.39 is 0 Å². The molecule has 0 unspecified atom stereocenters. The second kappa shape index (κ2) is 7.20. The van der Waals surface area contributed by atoms with Crippen LogP contribution in [0.5, 0.6) is 5.75 Å². The smallest absolute Gasteiger partial charge is 0.264 e. The molecular weight excluding hydrogens is 308 g/mol. The van der Waals surface area contributed by atoms with E-state index in [-0.39, 0.29) is 6.61 Å². The minimum Gasteiger partial charge on any atom is -0.484 e. The van der Waals surface area contributed by atoms with E-state index in [0.29, 0.717) is 23.4 Å². The lowest BCUT2D eigenvalue weighted by molar-refractivity contribution is 0.242. The van der Waals surface area contributed by atoms with Crippen molar-refractivity contribution >= 4 is 0 Å². The number of ether oxygens (including phenoxy) is 1. The van der Waals surface area contributed by atoms with Crippen LogP contribution in [0.15, 0.2) is 28.8 Å². The fraction of sp³-hybridized carbons (Fsp3) is 0.438. The highest BCUT2D eigenvalue weighted by molar-refractivity contribution is 5.38. The molecule has 2 heterocycles. The Labute approximate surface area is 139 Å². The first-order chi connectivity index (χ1) is 11.6. The number of hydrogen-bond donors (Lipinski definition) is 0. The Morgan fingerprint density at radius 1 is 1.29 bits per heavy atom. The quantitative estimate of drug-likeness (QED) is 0.658. The molecule has 0 bridgehead atoms. The number of hydrogen-bond acceptors (Lipinski definition) is 7. The zero-order chi connectivity index (χ0) is 16.9. The van der Waals surface area contributed by atoms with Crippen LogP contribution >= 0.6 is 0 Å². The lowest BCUT2D eigenvalue weighted by Crippen LogP contribution is -2.01. The van der Waals surface area contributed by atoms with E-state index in [9.17, 15) is 0 Å². The lowest BCUT2D eigenvalue weighted by Gasteiger charge is -2.06. The first-order valence-corrected chi connectivity index (χ1v) is 7.91. The van der Waals surface area contributed by atoms with Crippen molar-refractivity contribution in [3.63, 3.8) is 0 Å². The van der Waals surface area contributed by atoms with Crippen LogP contribution in [0.1, 0.15) is 37.8 Å². The summed E-state index contributed by atoms with van der Waals surface area (Å²) in [7, 11) is 0. The van der Waals surface area contributed by atoms with E-state index in [1.165, 1.54) is 0 Å². The molecule has 1 aromatic carbocycles. The van der Waals surface area contributed by atoms with Gasteiger partial charge in [0.2, 0.25) is 0 Å². The minimum atomic E-state index is 0.229. The Morgan fingerprint density at radius 3 is 2.92 bits per heavy atom. The van der Waals surface area contributed by atoms with Gasteiger partial charge in [-0.3, -0.25) is 0 Å². The Balaban J connectivity index is 1.62. The van der Waals surface area contributed by atoms with Gasteiger partial charge in [0.1, 0.15) is 5.75 Å². The summed E-state index contributed by atoms with van der Waals surface area (Å²) in [6.07, 6.45) is 1.85. The maximum absolute atomic E-state index is 5.73. The summed E-state index contributed by atoms with van der Waals surface area (Å²) in [5, 5.41) is 15.4. The number of rotatable bonds is 7. The van der Waals surface area contributed by atoms with Crippen molar-refractivity contribution in [2.75, 3.05) is 0 Å². The number of benzene rings is 1. The molecule has 126 valence electrons. The van der Waals surface area contributed by atoms with Crippen molar-refractivity contribution in [2.45, 2.75) is 40.2 Å². The maximum atomic E-state index is 5.73. The van der Waals surface area contributed by atoms with Crippen LogP contribution in [-0.2, 0) is 13.0 Å². The average Bonchev–Trinajstić information content (AvgIpc) is 3.20. The summed E-state index contributed by atoms with van der Waals surface area (Å²) < 4.78 is 12.6. The highest BCUT2D eigenvalue weighted by Crippen LogP contribution is 2.18. The first kappa shape index (κ1) is 16.1. The highest BCUT2D eigenvalue weighted by Gasteiger charge is 2.09. The second-order valence-corrected chi connectivity index (χ2v) is 5.96. The number of tetrazole rings is 1. The second-order valence-electron chi connectivity index (χ2n) is 5.96. The van der Waals surface area contributed by atoms with Crippen LogP contribution in [0.4, 0.5) is 0 Å². The molecule has 0 aliphatic heterocycles. The molecule has 0 aliphatic carbocycles. The molecule has 0 fully saturated rings. The standard InChI is InChI=1S/C16H20N6O2/c1-11(2)7-8-15-17-16(24-19-15)10-23-14-6-4-5-13(9-14)22-12(3)18-20-21-22/h4-6,9,11H,7-8,10H2,1-3H3. The van der Waals surface area contributed by atoms with E-state index in [0.717, 1.165) is 24.4 Å². The van der Waals surface area contributed by atoms with Gasteiger partial charge in [-0.05, 0) is 41.8 Å². The molecule has 8 heteroatoms. The fourth-order valence-corrected chi connectivity index (χ4v) is 2.19. The molecule has 24 heavy (non-hydrogen) atoms. The van der Waals surface area contributed by atoms with Gasteiger partial charge < -0.3 is 9.26 Å². The lowest BCUT2D eigenvalue weighted by atomic mass is 10.1. The number of nitrogens with zero attached hydrogens (tertiary/aromatic N) is 6. The average molecular weight is 328 g/mol. The normalized spacial score (nSPS) is 11.2. The third-order valence-electron chi connectivity index (χ3n) is 3.51. The molecular formula is C16H20N6O2. The van der Waals surface area contributed by atoms with Crippen LogP contribution in [-0.4, -0.2) is 30.3 Å². The summed E-state index contributed by atoms with van der Waals surface area (Å²) in [5.74, 6) is 3.20. The summed E-state index contributed by atoms with van der Waals surface area (Å²) >= 11 is 0. The predicted molar refractivity (Wildman–Crippen MR) is 85.7 cm³/mol. The first-order valence-electron chi connectivity index (χ1n) is 7.91. The summed E-state index contributed by atoms with van der Waals surface area (Å²) in [4.78, 5) is 4.34. The molecule has 0 saturated carbocycles. The van der Waals surface area contributed by atoms with Crippen LogP contribution in [0, 0.1) is 12.8 Å². The Kier molecular flexibility index (Phi) is 4.83. The van der Waals surface area contributed by atoms with Gasteiger partial charge in [-0.15, -0.1) is 5.10 Å². The van der Waals surface area contributed by atoms with Crippen molar-refractivity contribution in [3.8, 4) is 11.4 Å². The molecule has 0 spiro atoms. The van der Waals surface area contributed by atoms with Crippen molar-refractivity contribution in [3.05, 3.63) is 41.8 Å². The van der Waals surface area contributed by atoms with Crippen LogP contribution in [0.25, 0.3) is 5.69 Å². The van der Waals surface area contributed by atoms with Gasteiger partial charge in [0.25, 0.3) is 5.89 Å². The molecule has 8 nitrogen and oxygen atoms in total. The Bertz CT molecular complexity index is 795. The third kappa shape index (κ3) is 3.95. The molecule has 0 N–H and O–H groups in total. The van der Waals surface area contributed by atoms with Gasteiger partial charge in [0.15, 0.2) is 18.3 Å². The molecule has 0 saturated heterocycles. The summed E-state index contributed by atoms with van der Waals surface area (Å²) in [6.45, 7) is 6.41. The van der Waals surface area contributed by atoms with Crippen molar-refractivity contribution in [1.29, 1.82) is 0 Å². The van der Waals surface area contributed by atoms with Gasteiger partial charge in [-0.1, -0.05) is 25.1 Å². The number of aromatic nitrogens is 6. The molecule has 2 aromatic heterocycles. The summed E-state index contributed by atoms with van der Waals surface area (Å²) in [5.41, 5.74) is 0.832. The SMILES string of the molecule is Cc1nnnn1-c1cccc(OCc2nc(CCC(C)C)no2)c1. The zero-order valence-electron chi connectivity index (χ0n) is 14.0. The topological polar surface area (TPSA) is 91.8 Å². The monoisotopic (exact) mass is 328 g/mol. The van der Waals surface area contributed by atoms with Crippen molar-refractivity contribution < 1.29 is 9.26 Å². The molecule has 0 aliphatic rings. The van der Waals surface area contributed by atoms with Crippen molar-refractivity contribution in [2.24, 2.45) is 5.92 Å². The zero-order valence-corrected chi connectivity index (χ0v) is 14.0. The predicted octanol–water partition coefficient (Wildman–Crippen LogP) is 2.52. The van der Waals surface area contributed by atoms with Crippen LogP contribution in [0.2, 0.25) is 0 Å². The van der Waals surface area contributed by atoms with E-state index in [4.69, 9.17) is 9.26 Å². The molecule has 0 atom stereocenters. The fourth-order valence-electron chi connectivity index (χ4n) is 2.19. The maximum Gasteiger partial charge on any atom is 0.264 e. The minimum absolute atomic E-state index is 0.229. The molecule has 3 aromatic rings. The van der Waals surface area contributed by atoms with Gasteiger partial charge >= 0.3 is 0 Å². The van der Waals surface area contributed by atoms with E-state index in [1.54, 1.807) is 4.68 Å². The Hall–Kier alpha value is -2.77. The van der Waals surface area contributed by atoms with E-state index in [1.807, 2.05) is 31.2 Å².